The van der Waals surface area contributed by atoms with E-state index < -0.39 is 21.7 Å². The van der Waals surface area contributed by atoms with Crippen molar-refractivity contribution in [1.29, 1.82) is 0 Å². The first kappa shape index (κ1) is 15.7. The van der Waals surface area contributed by atoms with Gasteiger partial charge in [0.1, 0.15) is 0 Å². The molecule has 0 amide bonds. The molecule has 0 aliphatic heterocycles. The minimum absolute atomic E-state index is 0.0849. The lowest BCUT2D eigenvalue weighted by Gasteiger charge is -2.21. The molecule has 0 spiro atoms. The summed E-state index contributed by atoms with van der Waals surface area (Å²) in [6.45, 7) is 5.06. The normalized spacial score (nSPS) is 12.2. The molecule has 0 unspecified atom stereocenters. The van der Waals surface area contributed by atoms with Gasteiger partial charge < -0.3 is 5.11 Å². The number of rotatable bonds is 4. The van der Waals surface area contributed by atoms with Crippen molar-refractivity contribution in [2.75, 3.05) is 4.72 Å². The van der Waals surface area contributed by atoms with Gasteiger partial charge in [-0.2, -0.15) is 13.1 Å². The summed E-state index contributed by atoms with van der Waals surface area (Å²) >= 11 is 5.74. The van der Waals surface area contributed by atoms with E-state index in [1.165, 1.54) is 18.2 Å². The van der Waals surface area contributed by atoms with E-state index in [0.717, 1.165) is 0 Å². The maximum Gasteiger partial charge on any atom is 0.335 e. The Morgan fingerprint density at radius 2 is 1.84 bits per heavy atom. The first-order valence-corrected chi connectivity index (χ1v) is 7.20. The van der Waals surface area contributed by atoms with Crippen molar-refractivity contribution in [1.82, 2.24) is 4.72 Å². The fourth-order valence-corrected chi connectivity index (χ4v) is 2.88. The van der Waals surface area contributed by atoms with Gasteiger partial charge in [-0.1, -0.05) is 11.6 Å². The summed E-state index contributed by atoms with van der Waals surface area (Å²) in [5.41, 5.74) is -0.664. The molecular weight excluding hydrogens is 292 g/mol. The molecule has 0 aromatic heterocycles. The third-order valence-electron chi connectivity index (χ3n) is 1.84. The molecule has 1 aromatic carbocycles. The molecule has 106 valence electrons. The number of carboxylic acid groups (broad SMARTS) is 1. The van der Waals surface area contributed by atoms with Gasteiger partial charge in [0, 0.05) is 10.6 Å². The molecule has 0 fully saturated rings. The van der Waals surface area contributed by atoms with Crippen LogP contribution in [0, 0.1) is 0 Å². The van der Waals surface area contributed by atoms with Crippen LogP contribution in [0.25, 0.3) is 0 Å². The summed E-state index contributed by atoms with van der Waals surface area (Å²) in [7, 11) is -3.80. The third kappa shape index (κ3) is 5.46. The third-order valence-corrected chi connectivity index (χ3v) is 3.44. The second kappa shape index (κ2) is 5.36. The zero-order chi connectivity index (χ0) is 14.8. The van der Waals surface area contributed by atoms with Crippen molar-refractivity contribution in [3.05, 3.63) is 28.8 Å². The van der Waals surface area contributed by atoms with Crippen LogP contribution in [-0.2, 0) is 10.2 Å². The van der Waals surface area contributed by atoms with Crippen molar-refractivity contribution in [3.63, 3.8) is 0 Å². The van der Waals surface area contributed by atoms with E-state index in [1.54, 1.807) is 20.8 Å². The summed E-state index contributed by atoms with van der Waals surface area (Å²) in [5, 5.41) is 9.00. The molecule has 1 rings (SSSR count). The molecule has 0 heterocycles. The first-order chi connectivity index (χ1) is 8.48. The molecule has 8 heteroatoms. The molecule has 0 aliphatic rings. The van der Waals surface area contributed by atoms with Crippen molar-refractivity contribution < 1.29 is 18.3 Å². The molecule has 0 bridgehead atoms. The summed E-state index contributed by atoms with van der Waals surface area (Å²) < 4.78 is 28.2. The average molecular weight is 307 g/mol. The van der Waals surface area contributed by atoms with Gasteiger partial charge in [-0.25, -0.2) is 4.79 Å². The van der Waals surface area contributed by atoms with Crippen molar-refractivity contribution in [2.24, 2.45) is 0 Å². The molecule has 1 aromatic rings. The Morgan fingerprint density at radius 3 is 2.32 bits per heavy atom. The number of carbonyl (C=O) groups is 1. The van der Waals surface area contributed by atoms with Crippen molar-refractivity contribution in [3.8, 4) is 0 Å². The lowest BCUT2D eigenvalue weighted by molar-refractivity contribution is 0.0697. The van der Waals surface area contributed by atoms with Gasteiger partial charge in [0.15, 0.2) is 0 Å². The maximum atomic E-state index is 11.8. The van der Waals surface area contributed by atoms with Crippen LogP contribution in [0.3, 0.4) is 0 Å². The second-order valence-electron chi connectivity index (χ2n) is 4.99. The molecule has 0 saturated heterocycles. The summed E-state index contributed by atoms with van der Waals surface area (Å²) in [6, 6.07) is 3.75. The van der Waals surface area contributed by atoms with Crippen LogP contribution < -0.4 is 9.44 Å². The molecule has 0 saturated carbocycles. The number of hydrogen-bond acceptors (Lipinski definition) is 3. The highest BCUT2D eigenvalue weighted by atomic mass is 35.5. The molecule has 0 radical (unpaired) electrons. The van der Waals surface area contributed by atoms with Gasteiger partial charge >= 0.3 is 5.97 Å². The predicted molar refractivity (Wildman–Crippen MR) is 73.8 cm³/mol. The number of anilines is 1. The van der Waals surface area contributed by atoms with Crippen molar-refractivity contribution in [2.45, 2.75) is 26.3 Å². The highest BCUT2D eigenvalue weighted by Gasteiger charge is 2.20. The molecule has 3 N–H and O–H groups in total. The van der Waals surface area contributed by atoms with E-state index in [1.807, 2.05) is 0 Å². The van der Waals surface area contributed by atoms with Gasteiger partial charge in [-0.3, -0.25) is 4.72 Å². The van der Waals surface area contributed by atoms with Crippen LogP contribution >= 0.6 is 11.6 Å². The Morgan fingerprint density at radius 1 is 1.26 bits per heavy atom. The quantitative estimate of drug-likeness (QED) is 0.793. The van der Waals surface area contributed by atoms with Crippen LogP contribution in [0.4, 0.5) is 5.69 Å². The number of halogens is 1. The van der Waals surface area contributed by atoms with Gasteiger partial charge in [0.2, 0.25) is 0 Å². The number of hydrogen-bond donors (Lipinski definition) is 3. The summed E-state index contributed by atoms with van der Waals surface area (Å²) in [5.74, 6) is -1.19. The summed E-state index contributed by atoms with van der Waals surface area (Å²) in [4.78, 5) is 10.8. The van der Waals surface area contributed by atoms with Gasteiger partial charge in [-0.15, -0.1) is 0 Å². The van der Waals surface area contributed by atoms with Crippen LogP contribution in [0.2, 0.25) is 5.02 Å². The largest absolute Gasteiger partial charge is 0.478 e. The standard InChI is InChI=1S/C11H15ClN2O4S/c1-11(2,3)14-19(17,18)13-9-5-7(10(15)16)4-8(12)6-9/h4-6,13-14H,1-3H3,(H,15,16). The molecule has 6 nitrogen and oxygen atoms in total. The highest BCUT2D eigenvalue weighted by molar-refractivity contribution is 7.90. The van der Waals surface area contributed by atoms with Gasteiger partial charge in [-0.05, 0) is 39.0 Å². The topological polar surface area (TPSA) is 95.5 Å². The zero-order valence-electron chi connectivity index (χ0n) is 10.7. The van der Waals surface area contributed by atoms with Crippen LogP contribution in [0.1, 0.15) is 31.1 Å². The van der Waals surface area contributed by atoms with Crippen LogP contribution in [-0.4, -0.2) is 25.0 Å². The molecule has 19 heavy (non-hydrogen) atoms. The Balaban J connectivity index is 3.03. The predicted octanol–water partition coefficient (Wildman–Crippen LogP) is 2.08. The van der Waals surface area contributed by atoms with E-state index >= 15 is 0 Å². The molecule has 0 atom stereocenters. The zero-order valence-corrected chi connectivity index (χ0v) is 12.3. The Bertz CT molecular complexity index is 593. The lowest BCUT2D eigenvalue weighted by Crippen LogP contribution is -2.43. The smallest absolute Gasteiger partial charge is 0.335 e. The van der Waals surface area contributed by atoms with Crippen LogP contribution in [0.5, 0.6) is 0 Å². The Hall–Kier alpha value is -1.31. The SMILES string of the molecule is CC(C)(C)NS(=O)(=O)Nc1cc(Cl)cc(C(=O)O)c1. The van der Waals surface area contributed by atoms with E-state index in [9.17, 15) is 13.2 Å². The fourth-order valence-electron chi connectivity index (χ4n) is 1.36. The number of nitrogens with one attached hydrogen (secondary N) is 2. The average Bonchev–Trinajstić information content (AvgIpc) is 2.10. The first-order valence-electron chi connectivity index (χ1n) is 5.34. The molecular formula is C11H15ClN2O4S. The van der Waals surface area contributed by atoms with Gasteiger partial charge in [0.25, 0.3) is 10.2 Å². The van der Waals surface area contributed by atoms with Crippen molar-refractivity contribution >= 4 is 33.5 Å². The Kier molecular flexibility index (Phi) is 4.44. The highest BCUT2D eigenvalue weighted by Crippen LogP contribution is 2.20. The minimum atomic E-state index is -3.80. The number of benzene rings is 1. The van der Waals surface area contributed by atoms with E-state index in [2.05, 4.69) is 9.44 Å². The Labute approximate surface area is 117 Å². The number of carboxylic acids is 1. The maximum absolute atomic E-state index is 11.8. The van der Waals surface area contributed by atoms with Gasteiger partial charge in [0.05, 0.1) is 11.3 Å². The van der Waals surface area contributed by atoms with E-state index in [4.69, 9.17) is 16.7 Å². The lowest BCUT2D eigenvalue weighted by atomic mass is 10.1. The second-order valence-corrected chi connectivity index (χ2v) is 6.84. The fraction of sp³-hybridized carbons (Fsp3) is 0.364. The summed E-state index contributed by atoms with van der Waals surface area (Å²) in [6.07, 6.45) is 0. The monoisotopic (exact) mass is 306 g/mol. The van der Waals surface area contributed by atoms with E-state index in [-0.39, 0.29) is 16.3 Å². The van der Waals surface area contributed by atoms with Crippen LogP contribution in [0.15, 0.2) is 18.2 Å². The van der Waals surface area contributed by atoms with E-state index in [0.29, 0.717) is 0 Å². The minimum Gasteiger partial charge on any atom is -0.478 e. The molecule has 0 aliphatic carbocycles. The number of aromatic carboxylic acids is 1.